The average Bonchev–Trinajstić information content (AvgIpc) is 2.21. The number of amides is 1. The molecule has 0 aromatic rings. The fourth-order valence-corrected chi connectivity index (χ4v) is 1.67. The number of carbonyl (C=O) groups excluding carboxylic acids is 1. The van der Waals surface area contributed by atoms with E-state index in [1.54, 1.807) is 27.9 Å². The summed E-state index contributed by atoms with van der Waals surface area (Å²) in [4.78, 5) is 22.4. The molecule has 0 rings (SSSR count). The van der Waals surface area contributed by atoms with E-state index in [0.29, 0.717) is 13.0 Å². The monoisotopic (exact) mass is 275 g/mol. The number of hydrogen-bond donors (Lipinski definition) is 3. The van der Waals surface area contributed by atoms with Gasteiger partial charge in [-0.2, -0.15) is 0 Å². The van der Waals surface area contributed by atoms with Crippen molar-refractivity contribution in [3.05, 3.63) is 0 Å². The number of nitrogens with one attached hydrogen (secondary N) is 1. The molecule has 112 valence electrons. The second kappa shape index (κ2) is 7.45. The zero-order valence-electron chi connectivity index (χ0n) is 12.2. The summed E-state index contributed by atoms with van der Waals surface area (Å²) in [7, 11) is 1.54. The highest BCUT2D eigenvalue weighted by atomic mass is 16.5. The van der Waals surface area contributed by atoms with Crippen LogP contribution in [0.15, 0.2) is 0 Å². The van der Waals surface area contributed by atoms with Crippen LogP contribution in [0, 0.1) is 5.41 Å². The van der Waals surface area contributed by atoms with Gasteiger partial charge in [0.05, 0.1) is 12.0 Å². The maximum Gasteiger partial charge on any atom is 0.303 e. The molecule has 6 nitrogen and oxygen atoms in total. The molecule has 0 spiro atoms. The molecule has 1 atom stereocenters. The van der Waals surface area contributed by atoms with Crippen molar-refractivity contribution in [1.29, 1.82) is 0 Å². The normalized spacial score (nSPS) is 14.8. The summed E-state index contributed by atoms with van der Waals surface area (Å²) < 4.78 is 4.87. The predicted molar refractivity (Wildman–Crippen MR) is 70.8 cm³/mol. The van der Waals surface area contributed by atoms with E-state index in [1.165, 1.54) is 0 Å². The molecule has 0 aromatic carbocycles. The van der Waals surface area contributed by atoms with Crippen LogP contribution in [0.2, 0.25) is 0 Å². The minimum absolute atomic E-state index is 0.0690. The van der Waals surface area contributed by atoms with Gasteiger partial charge in [-0.3, -0.25) is 9.59 Å². The highest BCUT2D eigenvalue weighted by molar-refractivity contribution is 5.77. The van der Waals surface area contributed by atoms with Gasteiger partial charge < -0.3 is 20.3 Å². The molecular formula is C13H25NO5. The molecule has 0 aliphatic rings. The number of carbonyl (C=O) groups is 2. The lowest BCUT2D eigenvalue weighted by Gasteiger charge is -2.25. The Morgan fingerprint density at radius 3 is 2.26 bits per heavy atom. The van der Waals surface area contributed by atoms with E-state index in [2.05, 4.69) is 5.32 Å². The van der Waals surface area contributed by atoms with Gasteiger partial charge in [0.1, 0.15) is 0 Å². The SMILES string of the molecule is COCCC(C)(O)CNC(=O)CC(C)(C)CC(=O)O. The van der Waals surface area contributed by atoms with Crippen molar-refractivity contribution in [2.45, 2.75) is 45.6 Å². The van der Waals surface area contributed by atoms with Crippen molar-refractivity contribution in [1.82, 2.24) is 5.32 Å². The van der Waals surface area contributed by atoms with Gasteiger partial charge in [-0.1, -0.05) is 13.8 Å². The molecule has 0 aliphatic carbocycles. The summed E-state index contributed by atoms with van der Waals surface area (Å²) in [5.74, 6) is -1.19. The first kappa shape index (κ1) is 17.9. The van der Waals surface area contributed by atoms with Crippen LogP contribution in [0.25, 0.3) is 0 Å². The Hall–Kier alpha value is -1.14. The van der Waals surface area contributed by atoms with Gasteiger partial charge in [0.25, 0.3) is 0 Å². The molecule has 0 bridgehead atoms. The summed E-state index contributed by atoms with van der Waals surface area (Å²) in [6, 6.07) is 0. The number of carboxylic acid groups (broad SMARTS) is 1. The molecular weight excluding hydrogens is 250 g/mol. The summed E-state index contributed by atoms with van der Waals surface area (Å²) in [5.41, 5.74) is -1.63. The zero-order valence-corrected chi connectivity index (χ0v) is 12.2. The third-order valence-corrected chi connectivity index (χ3v) is 2.78. The van der Waals surface area contributed by atoms with Crippen molar-refractivity contribution >= 4 is 11.9 Å². The topological polar surface area (TPSA) is 95.9 Å². The third-order valence-electron chi connectivity index (χ3n) is 2.78. The number of carboxylic acids is 1. The highest BCUT2D eigenvalue weighted by Gasteiger charge is 2.27. The van der Waals surface area contributed by atoms with E-state index in [0.717, 1.165) is 0 Å². The Morgan fingerprint density at radius 2 is 1.79 bits per heavy atom. The summed E-state index contributed by atoms with van der Waals surface area (Å²) in [6.45, 7) is 5.61. The molecule has 1 amide bonds. The lowest BCUT2D eigenvalue weighted by molar-refractivity contribution is -0.139. The summed E-state index contributed by atoms with van der Waals surface area (Å²) in [6.07, 6.45) is 0.461. The molecule has 19 heavy (non-hydrogen) atoms. The molecule has 0 aromatic heterocycles. The minimum atomic E-state index is -1.03. The summed E-state index contributed by atoms with van der Waals surface area (Å²) >= 11 is 0. The average molecular weight is 275 g/mol. The number of rotatable bonds is 9. The van der Waals surface area contributed by atoms with Crippen molar-refractivity contribution < 1.29 is 24.5 Å². The third kappa shape index (κ3) is 9.44. The van der Waals surface area contributed by atoms with Crippen LogP contribution in [-0.4, -0.2) is 48.0 Å². The Kier molecular flexibility index (Phi) is 7.00. The smallest absolute Gasteiger partial charge is 0.303 e. The van der Waals surface area contributed by atoms with Gasteiger partial charge in [0.15, 0.2) is 0 Å². The Morgan fingerprint density at radius 1 is 1.21 bits per heavy atom. The molecule has 0 saturated heterocycles. The first-order chi connectivity index (χ1) is 8.58. The summed E-state index contributed by atoms with van der Waals surface area (Å²) in [5, 5.41) is 21.3. The van der Waals surface area contributed by atoms with E-state index in [1.807, 2.05) is 0 Å². The van der Waals surface area contributed by atoms with Crippen molar-refractivity contribution in [2.24, 2.45) is 5.41 Å². The van der Waals surface area contributed by atoms with Crippen LogP contribution in [0.5, 0.6) is 0 Å². The molecule has 1 unspecified atom stereocenters. The Labute approximate surface area is 114 Å². The Balaban J connectivity index is 4.14. The molecule has 0 saturated carbocycles. The van der Waals surface area contributed by atoms with E-state index >= 15 is 0 Å². The molecule has 0 radical (unpaired) electrons. The van der Waals surface area contributed by atoms with E-state index in [-0.39, 0.29) is 25.3 Å². The van der Waals surface area contributed by atoms with Gasteiger partial charge in [-0.25, -0.2) is 0 Å². The van der Waals surface area contributed by atoms with E-state index < -0.39 is 17.0 Å². The lowest BCUT2D eigenvalue weighted by Crippen LogP contribution is -2.42. The number of hydrogen-bond acceptors (Lipinski definition) is 4. The van der Waals surface area contributed by atoms with E-state index in [4.69, 9.17) is 9.84 Å². The first-order valence-electron chi connectivity index (χ1n) is 6.28. The lowest BCUT2D eigenvalue weighted by atomic mass is 9.85. The Bertz CT molecular complexity index is 312. The van der Waals surface area contributed by atoms with Crippen LogP contribution in [0.3, 0.4) is 0 Å². The number of methoxy groups -OCH3 is 1. The van der Waals surface area contributed by atoms with Crippen LogP contribution in [0.4, 0.5) is 0 Å². The van der Waals surface area contributed by atoms with E-state index in [9.17, 15) is 14.7 Å². The van der Waals surface area contributed by atoms with Crippen molar-refractivity contribution in [3.63, 3.8) is 0 Å². The molecule has 0 heterocycles. The van der Waals surface area contributed by atoms with Crippen LogP contribution >= 0.6 is 0 Å². The molecule has 0 fully saturated rings. The second-order valence-corrected chi connectivity index (χ2v) is 5.93. The van der Waals surface area contributed by atoms with Gasteiger partial charge >= 0.3 is 5.97 Å². The minimum Gasteiger partial charge on any atom is -0.481 e. The van der Waals surface area contributed by atoms with Crippen LogP contribution in [0.1, 0.15) is 40.0 Å². The fourth-order valence-electron chi connectivity index (χ4n) is 1.67. The molecule has 0 aliphatic heterocycles. The number of aliphatic hydroxyl groups is 1. The molecule has 6 heteroatoms. The van der Waals surface area contributed by atoms with Crippen LogP contribution in [-0.2, 0) is 14.3 Å². The quantitative estimate of drug-likeness (QED) is 0.578. The van der Waals surface area contributed by atoms with Crippen molar-refractivity contribution in [2.75, 3.05) is 20.3 Å². The van der Waals surface area contributed by atoms with Gasteiger partial charge in [-0.15, -0.1) is 0 Å². The second-order valence-electron chi connectivity index (χ2n) is 5.93. The zero-order chi connectivity index (χ0) is 15.1. The first-order valence-corrected chi connectivity index (χ1v) is 6.28. The largest absolute Gasteiger partial charge is 0.481 e. The van der Waals surface area contributed by atoms with Crippen molar-refractivity contribution in [3.8, 4) is 0 Å². The number of aliphatic carboxylic acids is 1. The van der Waals surface area contributed by atoms with Gasteiger partial charge in [0, 0.05) is 33.1 Å². The standard InChI is InChI=1S/C13H25NO5/c1-12(2,8-11(16)17)7-10(15)14-9-13(3,18)5-6-19-4/h18H,5-9H2,1-4H3,(H,14,15)(H,16,17). The predicted octanol–water partition coefficient (Wildman–Crippen LogP) is 0.781. The fraction of sp³-hybridized carbons (Fsp3) is 0.846. The highest BCUT2D eigenvalue weighted by Crippen LogP contribution is 2.24. The number of ether oxygens (including phenoxy) is 1. The molecule has 3 N–H and O–H groups in total. The van der Waals surface area contributed by atoms with Crippen LogP contribution < -0.4 is 5.32 Å². The maximum atomic E-state index is 11.7. The van der Waals surface area contributed by atoms with Gasteiger partial charge in [0.2, 0.25) is 5.91 Å². The maximum absolute atomic E-state index is 11.7. The van der Waals surface area contributed by atoms with Gasteiger partial charge in [-0.05, 0) is 12.3 Å².